The molecule has 1 N–H and O–H groups in total. The second kappa shape index (κ2) is 7.47. The van der Waals surface area contributed by atoms with Gasteiger partial charge in [-0.05, 0) is 37.3 Å². The van der Waals surface area contributed by atoms with Gasteiger partial charge in [0, 0.05) is 10.9 Å². The van der Waals surface area contributed by atoms with E-state index >= 15 is 0 Å². The van der Waals surface area contributed by atoms with E-state index < -0.39 is 11.8 Å². The molecule has 6 nitrogen and oxygen atoms in total. The molecule has 0 fully saturated rings. The number of fused-ring (bicyclic) bond motifs is 3. The zero-order chi connectivity index (χ0) is 19.7. The number of carbonyl (C=O) groups excluding carboxylic acids is 1. The van der Waals surface area contributed by atoms with Crippen LogP contribution in [0.1, 0.15) is 6.92 Å². The van der Waals surface area contributed by atoms with Gasteiger partial charge >= 0.3 is 5.97 Å². The van der Waals surface area contributed by atoms with Crippen molar-refractivity contribution in [2.45, 2.75) is 12.1 Å². The van der Waals surface area contributed by atoms with Crippen LogP contribution in [0.2, 0.25) is 0 Å². The quantitative estimate of drug-likeness (QED) is 0.316. The molecule has 2 aromatic carbocycles. The van der Waals surface area contributed by atoms with Gasteiger partial charge < -0.3 is 9.72 Å². The first-order valence-corrected chi connectivity index (χ1v) is 9.65. The molecule has 28 heavy (non-hydrogen) atoms. The van der Waals surface area contributed by atoms with Crippen LogP contribution in [0.25, 0.3) is 27.6 Å². The highest BCUT2D eigenvalue weighted by molar-refractivity contribution is 7.99. The number of esters is 1. The van der Waals surface area contributed by atoms with Crippen LogP contribution in [-0.4, -0.2) is 32.9 Å². The summed E-state index contributed by atoms with van der Waals surface area (Å²) >= 11 is 1.10. The van der Waals surface area contributed by atoms with Crippen LogP contribution in [0, 0.1) is 5.82 Å². The molecule has 0 radical (unpaired) electrons. The monoisotopic (exact) mass is 397 g/mol. The Labute approximate surface area is 163 Å². The number of ether oxygens (including phenoxy) is 1. The Morgan fingerprint density at radius 2 is 1.96 bits per heavy atom. The number of carbonyl (C=O) groups is 1. The Balaban J connectivity index is 1.93. The highest BCUT2D eigenvalue weighted by Gasteiger charge is 2.18. The molecular weight excluding hydrogens is 381 g/mol. The summed E-state index contributed by atoms with van der Waals surface area (Å²) in [7, 11) is 0. The first-order chi connectivity index (χ1) is 13.6. The highest BCUT2D eigenvalue weighted by atomic mass is 32.2. The molecule has 2 heterocycles. The fraction of sp³-hybridized carbons (Fsp3) is 0.150. The number of hydrogen-bond acceptors (Lipinski definition) is 5. The fourth-order valence-electron chi connectivity index (χ4n) is 2.98. The summed E-state index contributed by atoms with van der Waals surface area (Å²) < 4.78 is 19.7. The van der Waals surface area contributed by atoms with Crippen LogP contribution < -0.4 is 5.56 Å². The van der Waals surface area contributed by atoms with Crippen molar-refractivity contribution < 1.29 is 13.9 Å². The minimum atomic E-state index is -0.405. The Bertz CT molecular complexity index is 1230. The van der Waals surface area contributed by atoms with Crippen molar-refractivity contribution in [2.24, 2.45) is 0 Å². The number of nitrogens with zero attached hydrogens (tertiary/aromatic N) is 2. The van der Waals surface area contributed by atoms with Crippen LogP contribution in [0.15, 0.2) is 58.5 Å². The molecule has 0 amide bonds. The molecule has 0 saturated carbocycles. The van der Waals surface area contributed by atoms with Crippen molar-refractivity contribution >= 4 is 39.7 Å². The summed E-state index contributed by atoms with van der Waals surface area (Å²) in [4.78, 5) is 32.8. The van der Waals surface area contributed by atoms with Crippen molar-refractivity contribution in [3.8, 4) is 5.69 Å². The fourth-order valence-corrected chi connectivity index (χ4v) is 3.79. The first kappa shape index (κ1) is 18.2. The average molecular weight is 397 g/mol. The van der Waals surface area contributed by atoms with Gasteiger partial charge in [-0.3, -0.25) is 14.2 Å². The van der Waals surface area contributed by atoms with E-state index in [-0.39, 0.29) is 17.9 Å². The van der Waals surface area contributed by atoms with E-state index in [4.69, 9.17) is 4.74 Å². The number of rotatable bonds is 5. The second-order valence-electron chi connectivity index (χ2n) is 6.00. The Kier molecular flexibility index (Phi) is 4.87. The number of H-pyrrole nitrogens is 1. The molecule has 0 aliphatic carbocycles. The van der Waals surface area contributed by atoms with Crippen LogP contribution >= 0.6 is 11.8 Å². The number of para-hydroxylation sites is 1. The van der Waals surface area contributed by atoms with Crippen LogP contribution in [0.3, 0.4) is 0 Å². The van der Waals surface area contributed by atoms with Crippen LogP contribution in [0.4, 0.5) is 4.39 Å². The van der Waals surface area contributed by atoms with Gasteiger partial charge in [0.25, 0.3) is 5.56 Å². The first-order valence-electron chi connectivity index (χ1n) is 8.66. The average Bonchev–Trinajstić information content (AvgIpc) is 3.07. The predicted octanol–water partition coefficient (Wildman–Crippen LogP) is 3.66. The number of thioether (sulfide) groups is 1. The van der Waals surface area contributed by atoms with E-state index in [1.54, 1.807) is 6.92 Å². The number of benzene rings is 2. The summed E-state index contributed by atoms with van der Waals surface area (Å²) in [6.45, 7) is 2.01. The summed E-state index contributed by atoms with van der Waals surface area (Å²) in [5, 5.41) is 1.15. The number of hydrogen-bond donors (Lipinski definition) is 1. The molecule has 8 heteroatoms. The molecule has 0 aliphatic rings. The van der Waals surface area contributed by atoms with E-state index in [0.29, 0.717) is 21.9 Å². The van der Waals surface area contributed by atoms with Gasteiger partial charge in [0.05, 0.1) is 18.0 Å². The molecule has 0 spiro atoms. The van der Waals surface area contributed by atoms with Crippen LogP contribution in [0.5, 0.6) is 0 Å². The lowest BCUT2D eigenvalue weighted by Gasteiger charge is -2.12. The van der Waals surface area contributed by atoms with E-state index in [1.165, 1.54) is 28.8 Å². The topological polar surface area (TPSA) is 77.0 Å². The maximum atomic E-state index is 13.4. The van der Waals surface area contributed by atoms with Gasteiger partial charge in [0.15, 0.2) is 5.16 Å². The molecule has 0 saturated heterocycles. The zero-order valence-corrected chi connectivity index (χ0v) is 15.8. The summed E-state index contributed by atoms with van der Waals surface area (Å²) in [5.41, 5.74) is 1.82. The molecular formula is C20H16FN3O3S. The molecule has 2 aromatic heterocycles. The van der Waals surface area contributed by atoms with E-state index in [2.05, 4.69) is 9.97 Å². The maximum Gasteiger partial charge on any atom is 0.316 e. The lowest BCUT2D eigenvalue weighted by Crippen LogP contribution is -2.22. The number of halogens is 1. The largest absolute Gasteiger partial charge is 0.465 e. The van der Waals surface area contributed by atoms with Gasteiger partial charge in [0.1, 0.15) is 16.9 Å². The predicted molar refractivity (Wildman–Crippen MR) is 107 cm³/mol. The van der Waals surface area contributed by atoms with Gasteiger partial charge in [-0.15, -0.1) is 0 Å². The van der Waals surface area contributed by atoms with Gasteiger partial charge in [0.2, 0.25) is 0 Å². The van der Waals surface area contributed by atoms with Crippen molar-refractivity contribution in [3.05, 3.63) is 64.7 Å². The second-order valence-corrected chi connectivity index (χ2v) is 6.94. The minimum Gasteiger partial charge on any atom is -0.465 e. The summed E-state index contributed by atoms with van der Waals surface area (Å²) in [6.07, 6.45) is 0. The van der Waals surface area contributed by atoms with Gasteiger partial charge in [-0.2, -0.15) is 0 Å². The molecule has 4 aromatic rings. The van der Waals surface area contributed by atoms with Crippen molar-refractivity contribution in [1.82, 2.24) is 14.5 Å². The number of nitrogens with one attached hydrogen (secondary N) is 1. The zero-order valence-electron chi connectivity index (χ0n) is 14.9. The van der Waals surface area contributed by atoms with E-state index in [9.17, 15) is 14.0 Å². The highest BCUT2D eigenvalue weighted by Crippen LogP contribution is 2.26. The lowest BCUT2D eigenvalue weighted by atomic mass is 10.2. The number of aromatic nitrogens is 3. The molecule has 142 valence electrons. The lowest BCUT2D eigenvalue weighted by molar-refractivity contribution is -0.139. The molecule has 0 atom stereocenters. The van der Waals surface area contributed by atoms with Crippen molar-refractivity contribution in [3.63, 3.8) is 0 Å². The van der Waals surface area contributed by atoms with Crippen molar-refractivity contribution in [1.29, 1.82) is 0 Å². The molecule has 4 rings (SSSR count). The summed E-state index contributed by atoms with van der Waals surface area (Å²) in [5.74, 6) is -0.793. The maximum absolute atomic E-state index is 13.4. The Morgan fingerprint density at radius 3 is 2.71 bits per heavy atom. The number of aromatic amines is 1. The van der Waals surface area contributed by atoms with E-state index in [1.807, 2.05) is 24.3 Å². The third-order valence-electron chi connectivity index (χ3n) is 4.20. The minimum absolute atomic E-state index is 0.00926. The SMILES string of the molecule is CCOC(=O)CSc1nc2c([nH]c3ccccc32)c(=O)n1-c1ccc(F)cc1. The van der Waals surface area contributed by atoms with E-state index in [0.717, 1.165) is 22.7 Å². The third-order valence-corrected chi connectivity index (χ3v) is 5.12. The Morgan fingerprint density at radius 1 is 1.21 bits per heavy atom. The summed E-state index contributed by atoms with van der Waals surface area (Å²) in [6, 6.07) is 13.0. The third kappa shape index (κ3) is 3.27. The van der Waals surface area contributed by atoms with Gasteiger partial charge in [-0.1, -0.05) is 30.0 Å². The smallest absolute Gasteiger partial charge is 0.316 e. The normalized spacial score (nSPS) is 11.2. The van der Waals surface area contributed by atoms with Crippen LogP contribution in [-0.2, 0) is 9.53 Å². The van der Waals surface area contributed by atoms with Crippen molar-refractivity contribution in [2.75, 3.05) is 12.4 Å². The Hall–Kier alpha value is -3.13. The van der Waals surface area contributed by atoms with Gasteiger partial charge in [-0.25, -0.2) is 9.37 Å². The molecule has 0 aliphatic heterocycles. The molecule has 0 bridgehead atoms. The standard InChI is InChI=1S/C20H16FN3O3S/c1-2-27-16(25)11-28-20-23-17-14-5-3-4-6-15(14)22-18(17)19(26)24(20)13-9-7-12(21)8-10-13/h3-10,22H,2,11H2,1H3. The molecule has 0 unspecified atom stereocenters.